The number of aromatic nitrogens is 4. The molecule has 2 aromatic heterocycles. The maximum Gasteiger partial charge on any atom is 0.244 e. The molecule has 0 fully saturated rings. The van der Waals surface area contributed by atoms with Crippen LogP contribution in [0.5, 0.6) is 0 Å². The zero-order valence-corrected chi connectivity index (χ0v) is 12.2. The van der Waals surface area contributed by atoms with Crippen LogP contribution in [0.15, 0.2) is 17.3 Å². The van der Waals surface area contributed by atoms with Gasteiger partial charge in [0, 0.05) is 24.8 Å². The molecule has 4 N–H and O–H groups in total. The fourth-order valence-corrected chi connectivity index (χ4v) is 3.19. The van der Waals surface area contributed by atoms with Crippen molar-refractivity contribution in [3.05, 3.63) is 29.3 Å². The molecule has 0 saturated carbocycles. The average molecular weight is 298 g/mol. The first kappa shape index (κ1) is 14.7. The van der Waals surface area contributed by atoms with Crippen LogP contribution in [0.4, 0.5) is 0 Å². The van der Waals surface area contributed by atoms with Crippen molar-refractivity contribution in [3.63, 3.8) is 0 Å². The molecule has 0 unspecified atom stereocenters. The second-order valence-electron chi connectivity index (χ2n) is 4.34. The number of H-pyrrole nitrogens is 2. The fraction of sp³-hybridized carbons (Fsp3) is 0.455. The summed E-state index contributed by atoms with van der Waals surface area (Å²) in [6.07, 6.45) is 3.22. The van der Waals surface area contributed by atoms with Gasteiger partial charge >= 0.3 is 0 Å². The minimum Gasteiger partial charge on any atom is -0.311 e. The van der Waals surface area contributed by atoms with E-state index >= 15 is 0 Å². The van der Waals surface area contributed by atoms with E-state index in [1.165, 1.54) is 0 Å². The molecule has 110 valence electrons. The van der Waals surface area contributed by atoms with Gasteiger partial charge in [-0.2, -0.15) is 10.2 Å². The molecule has 2 rings (SSSR count). The van der Waals surface area contributed by atoms with Crippen molar-refractivity contribution in [2.24, 2.45) is 0 Å². The predicted molar refractivity (Wildman–Crippen MR) is 73.3 cm³/mol. The second-order valence-corrected chi connectivity index (χ2v) is 6.04. The van der Waals surface area contributed by atoms with E-state index in [1.54, 1.807) is 19.3 Å². The summed E-state index contributed by atoms with van der Waals surface area (Å²) in [4.78, 5) is 0.210. The first-order valence-corrected chi connectivity index (χ1v) is 7.74. The number of hydrogen-bond acceptors (Lipinski definition) is 5. The van der Waals surface area contributed by atoms with E-state index in [0.29, 0.717) is 17.9 Å². The highest BCUT2D eigenvalue weighted by Gasteiger charge is 2.23. The summed E-state index contributed by atoms with van der Waals surface area (Å²) in [6.45, 7) is 4.97. The first-order valence-electron chi connectivity index (χ1n) is 6.26. The third-order valence-corrected chi connectivity index (χ3v) is 4.40. The Kier molecular flexibility index (Phi) is 4.53. The van der Waals surface area contributed by atoms with Crippen LogP contribution in [0.2, 0.25) is 0 Å². The van der Waals surface area contributed by atoms with E-state index in [-0.39, 0.29) is 11.4 Å². The smallest absolute Gasteiger partial charge is 0.244 e. The average Bonchev–Trinajstić information content (AvgIpc) is 3.03. The van der Waals surface area contributed by atoms with Gasteiger partial charge in [0.15, 0.2) is 0 Å². The Hall–Kier alpha value is -1.71. The standard InChI is InChI=1S/C11H18N6O2S/c1-3-12-7-10-11(8(2)16-17-10)20(18,19)15-6-9-4-13-14-5-9/h4-5,12,15H,3,6-7H2,1-2H3,(H,13,14)(H,16,17). The summed E-state index contributed by atoms with van der Waals surface area (Å²) in [5.41, 5.74) is 1.78. The Morgan fingerprint density at radius 3 is 2.80 bits per heavy atom. The van der Waals surface area contributed by atoms with Gasteiger partial charge in [-0.25, -0.2) is 13.1 Å². The van der Waals surface area contributed by atoms with Crippen molar-refractivity contribution >= 4 is 10.0 Å². The van der Waals surface area contributed by atoms with Crippen LogP contribution in [0.1, 0.15) is 23.9 Å². The topological polar surface area (TPSA) is 116 Å². The Bertz CT molecular complexity index is 647. The van der Waals surface area contributed by atoms with Crippen molar-refractivity contribution < 1.29 is 8.42 Å². The summed E-state index contributed by atoms with van der Waals surface area (Å²) < 4.78 is 27.3. The van der Waals surface area contributed by atoms with Gasteiger partial charge in [-0.05, 0) is 13.5 Å². The van der Waals surface area contributed by atoms with Crippen molar-refractivity contribution in [3.8, 4) is 0 Å². The van der Waals surface area contributed by atoms with Crippen molar-refractivity contribution in [1.82, 2.24) is 30.4 Å². The first-order chi connectivity index (χ1) is 9.54. The SMILES string of the molecule is CCNCc1n[nH]c(C)c1S(=O)(=O)NCc1cn[nH]c1. The number of aromatic amines is 2. The summed E-state index contributed by atoms with van der Waals surface area (Å²) in [7, 11) is -3.61. The van der Waals surface area contributed by atoms with E-state index in [2.05, 4.69) is 30.4 Å². The van der Waals surface area contributed by atoms with Crippen LogP contribution in [-0.4, -0.2) is 35.4 Å². The normalized spacial score (nSPS) is 11.9. The highest BCUT2D eigenvalue weighted by molar-refractivity contribution is 7.89. The van der Waals surface area contributed by atoms with Gasteiger partial charge in [-0.15, -0.1) is 0 Å². The quantitative estimate of drug-likeness (QED) is 0.575. The van der Waals surface area contributed by atoms with Crippen molar-refractivity contribution in [2.75, 3.05) is 6.54 Å². The molecule has 8 nitrogen and oxygen atoms in total. The molecule has 0 radical (unpaired) electrons. The number of rotatable bonds is 7. The molecule has 0 atom stereocenters. The number of nitrogens with zero attached hydrogens (tertiary/aromatic N) is 2. The summed E-state index contributed by atoms with van der Waals surface area (Å²) in [5, 5.41) is 16.2. The third-order valence-electron chi connectivity index (χ3n) is 2.79. The van der Waals surface area contributed by atoms with Crippen LogP contribution in [0, 0.1) is 6.92 Å². The van der Waals surface area contributed by atoms with Gasteiger partial charge in [-0.3, -0.25) is 10.2 Å². The Labute approximate surface area is 117 Å². The molecule has 9 heteroatoms. The highest BCUT2D eigenvalue weighted by Crippen LogP contribution is 2.17. The van der Waals surface area contributed by atoms with Gasteiger partial charge in [0.1, 0.15) is 4.90 Å². The molecule has 0 bridgehead atoms. The lowest BCUT2D eigenvalue weighted by Crippen LogP contribution is -2.25. The van der Waals surface area contributed by atoms with Crippen LogP contribution in [0.25, 0.3) is 0 Å². The van der Waals surface area contributed by atoms with E-state index in [4.69, 9.17) is 0 Å². The molecule has 0 saturated heterocycles. The number of hydrogen-bond donors (Lipinski definition) is 4. The Morgan fingerprint density at radius 1 is 1.35 bits per heavy atom. The molecule has 0 aliphatic heterocycles. The number of aryl methyl sites for hydroxylation is 1. The van der Waals surface area contributed by atoms with Gasteiger partial charge in [-0.1, -0.05) is 6.92 Å². The summed E-state index contributed by atoms with van der Waals surface area (Å²) in [6, 6.07) is 0. The van der Waals surface area contributed by atoms with Gasteiger partial charge in [0.25, 0.3) is 0 Å². The van der Waals surface area contributed by atoms with E-state index < -0.39 is 10.0 Å². The van der Waals surface area contributed by atoms with E-state index in [1.807, 2.05) is 6.92 Å². The van der Waals surface area contributed by atoms with E-state index in [9.17, 15) is 8.42 Å². The Morgan fingerprint density at radius 2 is 2.15 bits per heavy atom. The maximum atomic E-state index is 12.4. The van der Waals surface area contributed by atoms with Crippen LogP contribution in [0.3, 0.4) is 0 Å². The molecule has 0 aliphatic rings. The molecule has 0 amide bonds. The largest absolute Gasteiger partial charge is 0.311 e. The molecule has 0 spiro atoms. The zero-order chi connectivity index (χ0) is 14.6. The molecule has 2 heterocycles. The molecule has 20 heavy (non-hydrogen) atoms. The minimum absolute atomic E-state index is 0.185. The van der Waals surface area contributed by atoms with Gasteiger partial charge in [0.05, 0.1) is 17.6 Å². The predicted octanol–water partition coefficient (Wildman–Crippen LogP) is 0.0292. The summed E-state index contributed by atoms with van der Waals surface area (Å²) >= 11 is 0. The zero-order valence-electron chi connectivity index (χ0n) is 11.4. The Balaban J connectivity index is 2.18. The number of sulfonamides is 1. The van der Waals surface area contributed by atoms with E-state index in [0.717, 1.165) is 12.1 Å². The van der Waals surface area contributed by atoms with Crippen molar-refractivity contribution in [1.29, 1.82) is 0 Å². The van der Waals surface area contributed by atoms with Crippen LogP contribution in [-0.2, 0) is 23.1 Å². The molecule has 2 aromatic rings. The molecular weight excluding hydrogens is 280 g/mol. The monoisotopic (exact) mass is 298 g/mol. The highest BCUT2D eigenvalue weighted by atomic mass is 32.2. The molecule has 0 aromatic carbocycles. The molecule has 0 aliphatic carbocycles. The lowest BCUT2D eigenvalue weighted by Gasteiger charge is -2.07. The molecular formula is C11H18N6O2S. The lowest BCUT2D eigenvalue weighted by atomic mass is 10.3. The van der Waals surface area contributed by atoms with Gasteiger partial charge < -0.3 is 5.32 Å². The fourth-order valence-electron chi connectivity index (χ4n) is 1.81. The minimum atomic E-state index is -3.61. The van der Waals surface area contributed by atoms with Crippen LogP contribution < -0.4 is 10.0 Å². The second kappa shape index (κ2) is 6.16. The number of nitrogens with one attached hydrogen (secondary N) is 4. The van der Waals surface area contributed by atoms with Gasteiger partial charge in [0.2, 0.25) is 10.0 Å². The van der Waals surface area contributed by atoms with Crippen LogP contribution >= 0.6 is 0 Å². The maximum absolute atomic E-state index is 12.4. The third kappa shape index (κ3) is 3.24. The lowest BCUT2D eigenvalue weighted by molar-refractivity contribution is 0.578. The van der Waals surface area contributed by atoms with Crippen molar-refractivity contribution in [2.45, 2.75) is 31.8 Å². The summed E-state index contributed by atoms with van der Waals surface area (Å²) in [5.74, 6) is 0.